The summed E-state index contributed by atoms with van der Waals surface area (Å²) in [6.07, 6.45) is 0. The molecule has 0 unspecified atom stereocenters. The summed E-state index contributed by atoms with van der Waals surface area (Å²) in [7, 11) is -4.42. The summed E-state index contributed by atoms with van der Waals surface area (Å²) in [6.45, 7) is 0. The Morgan fingerprint density at radius 1 is 1.24 bits per heavy atom. The van der Waals surface area contributed by atoms with Crippen molar-refractivity contribution in [3.05, 3.63) is 39.6 Å². The van der Waals surface area contributed by atoms with Crippen LogP contribution in [0.25, 0.3) is 10.9 Å². The van der Waals surface area contributed by atoms with Crippen LogP contribution in [0.1, 0.15) is 0 Å². The van der Waals surface area contributed by atoms with E-state index in [1.54, 1.807) is 0 Å². The largest absolute Gasteiger partial charge is 0.534 e. The summed E-state index contributed by atoms with van der Waals surface area (Å²) in [5, 5.41) is 0.375. The molecule has 0 bridgehead atoms. The van der Waals surface area contributed by atoms with Gasteiger partial charge in [0.15, 0.2) is 0 Å². The van der Waals surface area contributed by atoms with Gasteiger partial charge in [-0.2, -0.15) is 21.6 Å². The summed E-state index contributed by atoms with van der Waals surface area (Å²) in [6, 6.07) is 4.66. The topological polar surface area (TPSA) is 65.4 Å². The Hall–Kier alpha value is -1.74. The minimum atomic E-state index is -5.76. The predicted octanol–water partition coefficient (Wildman–Crippen LogP) is 2.42. The standard InChI is InChI=1S/C11H7ClF3NO4S/c1-16-9-5-7(20-21(18,19)11(13,14)15)3-2-6(9)4-8(12)10(16)17/h2-5H,1H3. The van der Waals surface area contributed by atoms with Gasteiger partial charge >= 0.3 is 15.6 Å². The van der Waals surface area contributed by atoms with Crippen LogP contribution in [-0.2, 0) is 17.2 Å². The molecule has 0 amide bonds. The molecule has 5 nitrogen and oxygen atoms in total. The fourth-order valence-corrected chi connectivity index (χ4v) is 2.33. The molecule has 1 aromatic heterocycles. The fourth-order valence-electron chi connectivity index (χ4n) is 1.63. The number of hydrogen-bond acceptors (Lipinski definition) is 4. The maximum Gasteiger partial charge on any atom is 0.534 e. The number of fused-ring (bicyclic) bond motifs is 1. The van der Waals surface area contributed by atoms with Crippen LogP contribution in [0.15, 0.2) is 29.1 Å². The number of nitrogens with zero attached hydrogens (tertiary/aromatic N) is 1. The molecule has 0 spiro atoms. The maximum absolute atomic E-state index is 12.2. The van der Waals surface area contributed by atoms with Crippen LogP contribution < -0.4 is 9.74 Å². The first-order valence-electron chi connectivity index (χ1n) is 5.33. The molecule has 0 radical (unpaired) electrons. The van der Waals surface area contributed by atoms with Crippen molar-refractivity contribution in [2.75, 3.05) is 0 Å². The summed E-state index contributed by atoms with van der Waals surface area (Å²) in [5.41, 5.74) is -5.92. The summed E-state index contributed by atoms with van der Waals surface area (Å²) < 4.78 is 63.7. The zero-order valence-corrected chi connectivity index (χ0v) is 11.9. The summed E-state index contributed by atoms with van der Waals surface area (Å²) in [5.74, 6) is -0.558. The summed E-state index contributed by atoms with van der Waals surface area (Å²) in [4.78, 5) is 11.6. The first-order valence-corrected chi connectivity index (χ1v) is 7.11. The monoisotopic (exact) mass is 341 g/mol. The van der Waals surface area contributed by atoms with Gasteiger partial charge in [0.05, 0.1) is 5.52 Å². The second-order valence-corrected chi connectivity index (χ2v) is 6.01. The van der Waals surface area contributed by atoms with Gasteiger partial charge in [-0.15, -0.1) is 0 Å². The Kier molecular flexibility index (Phi) is 3.66. The molecule has 2 rings (SSSR count). The van der Waals surface area contributed by atoms with Crippen LogP contribution in [0.5, 0.6) is 5.75 Å². The van der Waals surface area contributed by atoms with Gasteiger partial charge in [-0.25, -0.2) is 0 Å². The van der Waals surface area contributed by atoms with E-state index in [1.807, 2.05) is 0 Å². The Morgan fingerprint density at radius 2 is 1.86 bits per heavy atom. The van der Waals surface area contributed by atoms with Gasteiger partial charge in [0.25, 0.3) is 5.56 Å². The SMILES string of the molecule is Cn1c(=O)c(Cl)cc2ccc(OS(=O)(=O)C(F)(F)F)cc21. The number of hydrogen-bond donors (Lipinski definition) is 0. The number of alkyl halides is 3. The van der Waals surface area contributed by atoms with Crippen LogP contribution in [-0.4, -0.2) is 18.5 Å². The van der Waals surface area contributed by atoms with E-state index in [4.69, 9.17) is 11.6 Å². The highest BCUT2D eigenvalue weighted by molar-refractivity contribution is 7.88. The number of benzene rings is 1. The first-order chi connectivity index (χ1) is 9.53. The highest BCUT2D eigenvalue weighted by atomic mass is 35.5. The van der Waals surface area contributed by atoms with E-state index in [-0.39, 0.29) is 10.5 Å². The molecule has 0 atom stereocenters. The van der Waals surface area contributed by atoms with Crippen LogP contribution in [0.4, 0.5) is 13.2 Å². The first kappa shape index (κ1) is 15.6. The van der Waals surface area contributed by atoms with Crippen LogP contribution in [0.3, 0.4) is 0 Å². The average Bonchev–Trinajstić information content (AvgIpc) is 2.35. The van der Waals surface area contributed by atoms with Crippen molar-refractivity contribution in [1.82, 2.24) is 4.57 Å². The van der Waals surface area contributed by atoms with Crippen LogP contribution >= 0.6 is 11.6 Å². The lowest BCUT2D eigenvalue weighted by molar-refractivity contribution is -0.0500. The predicted molar refractivity (Wildman–Crippen MR) is 69.8 cm³/mol. The van der Waals surface area contributed by atoms with Gasteiger partial charge < -0.3 is 8.75 Å². The molecule has 0 aliphatic heterocycles. The van der Waals surface area contributed by atoms with Crippen molar-refractivity contribution < 1.29 is 25.8 Å². The molecule has 0 fully saturated rings. The molecule has 10 heteroatoms. The highest BCUT2D eigenvalue weighted by Crippen LogP contribution is 2.28. The lowest BCUT2D eigenvalue weighted by Crippen LogP contribution is -2.28. The minimum Gasteiger partial charge on any atom is -0.376 e. The van der Waals surface area contributed by atoms with Crippen LogP contribution in [0.2, 0.25) is 5.02 Å². The molecule has 0 saturated carbocycles. The second-order valence-electron chi connectivity index (χ2n) is 4.06. The van der Waals surface area contributed by atoms with Crippen molar-refractivity contribution >= 4 is 32.6 Å². The number of pyridine rings is 1. The zero-order chi connectivity index (χ0) is 16.0. The van der Waals surface area contributed by atoms with Crippen LogP contribution in [0, 0.1) is 0 Å². The molecule has 0 aliphatic carbocycles. The zero-order valence-electron chi connectivity index (χ0n) is 10.3. The minimum absolute atomic E-state index is 0.0680. The third kappa shape index (κ3) is 2.84. The van der Waals surface area contributed by atoms with Gasteiger partial charge in [-0.1, -0.05) is 11.6 Å². The Bertz CT molecular complexity index is 873. The molecule has 0 N–H and O–H groups in total. The maximum atomic E-state index is 12.2. The van der Waals surface area contributed by atoms with Gasteiger partial charge in [-0.3, -0.25) is 4.79 Å². The molecule has 0 saturated heterocycles. The van der Waals surface area contributed by atoms with E-state index < -0.39 is 26.9 Å². The number of rotatable bonds is 2. The van der Waals surface area contributed by atoms with E-state index in [0.717, 1.165) is 16.7 Å². The number of aryl methyl sites for hydroxylation is 1. The fraction of sp³-hybridized carbons (Fsp3) is 0.182. The number of halogens is 4. The van der Waals surface area contributed by atoms with Crippen molar-refractivity contribution in [3.8, 4) is 5.75 Å². The Labute approximate surface area is 121 Å². The second kappa shape index (κ2) is 4.92. The third-order valence-electron chi connectivity index (χ3n) is 2.64. The van der Waals surface area contributed by atoms with E-state index in [0.29, 0.717) is 5.39 Å². The van der Waals surface area contributed by atoms with Crippen molar-refractivity contribution in [3.63, 3.8) is 0 Å². The Balaban J connectivity index is 2.57. The van der Waals surface area contributed by atoms with Crippen molar-refractivity contribution in [1.29, 1.82) is 0 Å². The number of aromatic nitrogens is 1. The van der Waals surface area contributed by atoms with E-state index in [1.165, 1.54) is 19.2 Å². The smallest absolute Gasteiger partial charge is 0.376 e. The molecular weight excluding hydrogens is 335 g/mol. The van der Waals surface area contributed by atoms with Crippen molar-refractivity contribution in [2.45, 2.75) is 5.51 Å². The highest BCUT2D eigenvalue weighted by Gasteiger charge is 2.48. The Morgan fingerprint density at radius 3 is 2.43 bits per heavy atom. The lowest BCUT2D eigenvalue weighted by Gasteiger charge is -2.11. The molecule has 1 heterocycles. The van der Waals surface area contributed by atoms with E-state index >= 15 is 0 Å². The van der Waals surface area contributed by atoms with Crippen molar-refractivity contribution in [2.24, 2.45) is 7.05 Å². The molecular formula is C11H7ClF3NO4S. The average molecular weight is 342 g/mol. The van der Waals surface area contributed by atoms with E-state index in [9.17, 15) is 26.4 Å². The third-order valence-corrected chi connectivity index (χ3v) is 3.89. The molecule has 1 aromatic carbocycles. The molecule has 21 heavy (non-hydrogen) atoms. The van der Waals surface area contributed by atoms with E-state index in [2.05, 4.69) is 4.18 Å². The lowest BCUT2D eigenvalue weighted by atomic mass is 10.2. The molecule has 114 valence electrons. The normalized spacial score (nSPS) is 12.6. The molecule has 2 aromatic rings. The quantitative estimate of drug-likeness (QED) is 0.621. The van der Waals surface area contributed by atoms with Gasteiger partial charge in [0.2, 0.25) is 0 Å². The van der Waals surface area contributed by atoms with Gasteiger partial charge in [-0.05, 0) is 18.2 Å². The van der Waals surface area contributed by atoms with Gasteiger partial charge in [0.1, 0.15) is 10.8 Å². The summed E-state index contributed by atoms with van der Waals surface area (Å²) >= 11 is 5.69. The molecule has 0 aliphatic rings. The van der Waals surface area contributed by atoms with Gasteiger partial charge in [0, 0.05) is 18.5 Å².